The zero-order valence-corrected chi connectivity index (χ0v) is 19.2. The lowest BCUT2D eigenvalue weighted by atomic mass is 9.96. The van der Waals surface area contributed by atoms with Crippen molar-refractivity contribution in [1.29, 1.82) is 0 Å². The maximum absolute atomic E-state index is 14.0. The minimum absolute atomic E-state index is 0.121. The molecule has 4 rings (SSSR count). The fourth-order valence-corrected chi connectivity index (χ4v) is 4.82. The number of nitrogens with one attached hydrogen (secondary N) is 2. The van der Waals surface area contributed by atoms with Gasteiger partial charge in [-0.2, -0.15) is 18.3 Å². The van der Waals surface area contributed by atoms with Gasteiger partial charge in [0.05, 0.1) is 17.4 Å². The molecule has 0 bridgehead atoms. The van der Waals surface area contributed by atoms with Crippen LogP contribution in [-0.2, 0) is 6.18 Å². The molecule has 7 nitrogen and oxygen atoms in total. The molecule has 184 valence electrons. The molecule has 2 fully saturated rings. The summed E-state index contributed by atoms with van der Waals surface area (Å²) >= 11 is 0. The maximum Gasteiger partial charge on any atom is 0.434 e. The van der Waals surface area contributed by atoms with Crippen molar-refractivity contribution in [3.8, 4) is 5.69 Å². The van der Waals surface area contributed by atoms with Gasteiger partial charge in [0.25, 0.3) is 5.91 Å². The van der Waals surface area contributed by atoms with Crippen molar-refractivity contribution < 1.29 is 22.8 Å². The molecule has 1 aliphatic heterocycles. The smallest absolute Gasteiger partial charge is 0.338 e. The Hall–Kier alpha value is -3.04. The summed E-state index contributed by atoms with van der Waals surface area (Å²) in [6.07, 6.45) is 2.62. The largest absolute Gasteiger partial charge is 0.434 e. The summed E-state index contributed by atoms with van der Waals surface area (Å²) < 4.78 is 42.8. The van der Waals surface area contributed by atoms with E-state index < -0.39 is 23.3 Å². The van der Waals surface area contributed by atoms with Gasteiger partial charge in [-0.1, -0.05) is 37.5 Å². The molecule has 2 heterocycles. The van der Waals surface area contributed by atoms with Gasteiger partial charge in [-0.3, -0.25) is 4.79 Å². The van der Waals surface area contributed by atoms with E-state index in [1.54, 1.807) is 31.2 Å². The third kappa shape index (κ3) is 5.37. The molecule has 0 radical (unpaired) electrons. The van der Waals surface area contributed by atoms with Crippen molar-refractivity contribution >= 4 is 11.9 Å². The van der Waals surface area contributed by atoms with Crippen LogP contribution in [0.4, 0.5) is 18.0 Å². The van der Waals surface area contributed by atoms with Crippen molar-refractivity contribution in [2.45, 2.75) is 70.1 Å². The zero-order valence-electron chi connectivity index (χ0n) is 19.2. The van der Waals surface area contributed by atoms with Crippen LogP contribution < -0.4 is 10.6 Å². The van der Waals surface area contributed by atoms with E-state index in [4.69, 9.17) is 0 Å². The number of carbonyl (C=O) groups excluding carboxylic acids is 2. The molecule has 1 aromatic heterocycles. The van der Waals surface area contributed by atoms with Gasteiger partial charge in [0.15, 0.2) is 5.69 Å². The molecule has 2 N–H and O–H groups in total. The molecular weight excluding hydrogens is 447 g/mol. The number of piperidine rings is 1. The number of aryl methyl sites for hydroxylation is 1. The van der Waals surface area contributed by atoms with Gasteiger partial charge in [-0.15, -0.1) is 0 Å². The van der Waals surface area contributed by atoms with Gasteiger partial charge < -0.3 is 15.5 Å². The van der Waals surface area contributed by atoms with Crippen LogP contribution in [0.15, 0.2) is 30.5 Å². The number of aromatic nitrogens is 2. The third-order valence-electron chi connectivity index (χ3n) is 6.67. The Labute approximate surface area is 196 Å². The van der Waals surface area contributed by atoms with Crippen molar-refractivity contribution in [2.24, 2.45) is 0 Å². The summed E-state index contributed by atoms with van der Waals surface area (Å²) in [6, 6.07) is 6.46. The number of likely N-dealkylation sites (tertiary alicyclic amines) is 1. The number of nitrogens with zero attached hydrogens (tertiary/aromatic N) is 3. The first-order valence-electron chi connectivity index (χ1n) is 11.8. The predicted molar refractivity (Wildman–Crippen MR) is 121 cm³/mol. The highest BCUT2D eigenvalue weighted by Gasteiger charge is 2.42. The van der Waals surface area contributed by atoms with Crippen LogP contribution in [0.2, 0.25) is 0 Å². The average Bonchev–Trinajstić information content (AvgIpc) is 3.26. The van der Waals surface area contributed by atoms with Crippen molar-refractivity contribution in [3.63, 3.8) is 0 Å². The Kier molecular flexibility index (Phi) is 7.13. The van der Waals surface area contributed by atoms with Crippen molar-refractivity contribution in [1.82, 2.24) is 25.3 Å². The number of urea groups is 1. The minimum Gasteiger partial charge on any atom is -0.338 e. The van der Waals surface area contributed by atoms with Gasteiger partial charge in [-0.05, 0) is 44.2 Å². The Balaban J connectivity index is 1.41. The highest BCUT2D eigenvalue weighted by atomic mass is 19.4. The number of para-hydroxylation sites is 1. The summed E-state index contributed by atoms with van der Waals surface area (Å²) in [5.74, 6) is -0.697. The highest BCUT2D eigenvalue weighted by Crippen LogP contribution is 2.35. The number of rotatable bonds is 4. The lowest BCUT2D eigenvalue weighted by Crippen LogP contribution is -2.51. The molecule has 0 unspecified atom stereocenters. The molecular formula is C24H30F3N5O2. The Morgan fingerprint density at radius 2 is 1.59 bits per heavy atom. The van der Waals surface area contributed by atoms with Gasteiger partial charge in [0.2, 0.25) is 0 Å². The molecule has 10 heteroatoms. The number of amides is 3. The molecule has 0 atom stereocenters. The summed E-state index contributed by atoms with van der Waals surface area (Å²) in [5.41, 5.74) is -0.634. The summed E-state index contributed by atoms with van der Waals surface area (Å²) in [4.78, 5) is 26.8. The second-order valence-electron chi connectivity index (χ2n) is 9.12. The number of benzene rings is 1. The molecule has 3 amide bonds. The molecule has 2 aromatic rings. The van der Waals surface area contributed by atoms with Crippen molar-refractivity contribution in [2.75, 3.05) is 13.1 Å². The van der Waals surface area contributed by atoms with E-state index >= 15 is 0 Å². The predicted octanol–water partition coefficient (Wildman–Crippen LogP) is 4.44. The van der Waals surface area contributed by atoms with Crippen LogP contribution in [0.25, 0.3) is 5.69 Å². The van der Waals surface area contributed by atoms with E-state index in [1.165, 1.54) is 11.3 Å². The van der Waals surface area contributed by atoms with E-state index in [0.717, 1.165) is 36.6 Å². The lowest BCUT2D eigenvalue weighted by Gasteiger charge is -2.33. The molecule has 1 saturated carbocycles. The number of hydrogen-bond acceptors (Lipinski definition) is 3. The summed E-state index contributed by atoms with van der Waals surface area (Å²) in [7, 11) is 0. The van der Waals surface area contributed by atoms with Crippen LogP contribution in [-0.4, -0.2) is 51.8 Å². The van der Waals surface area contributed by atoms with Crippen LogP contribution in [0, 0.1) is 6.92 Å². The van der Waals surface area contributed by atoms with Crippen LogP contribution in [0.5, 0.6) is 0 Å². The fourth-order valence-electron chi connectivity index (χ4n) is 4.82. The molecule has 34 heavy (non-hydrogen) atoms. The Bertz CT molecular complexity index is 1020. The van der Waals surface area contributed by atoms with E-state index in [2.05, 4.69) is 15.7 Å². The first kappa shape index (κ1) is 24.1. The fraction of sp³-hybridized carbons (Fsp3) is 0.542. The van der Waals surface area contributed by atoms with Gasteiger partial charge >= 0.3 is 12.2 Å². The number of hydrogen-bond donors (Lipinski definition) is 2. The number of alkyl halides is 3. The van der Waals surface area contributed by atoms with Crippen LogP contribution in [0.1, 0.15) is 66.6 Å². The van der Waals surface area contributed by atoms with E-state index in [0.29, 0.717) is 18.4 Å². The van der Waals surface area contributed by atoms with E-state index in [-0.39, 0.29) is 36.9 Å². The van der Waals surface area contributed by atoms with E-state index in [9.17, 15) is 22.8 Å². The quantitative estimate of drug-likeness (QED) is 0.684. The second kappa shape index (κ2) is 10.1. The Morgan fingerprint density at radius 3 is 2.21 bits per heavy atom. The normalized spacial score (nSPS) is 18.1. The molecule has 1 saturated heterocycles. The van der Waals surface area contributed by atoms with Gasteiger partial charge in [-0.25, -0.2) is 9.48 Å². The third-order valence-corrected chi connectivity index (χ3v) is 6.67. The second-order valence-corrected chi connectivity index (χ2v) is 9.12. The first-order valence-corrected chi connectivity index (χ1v) is 11.8. The maximum atomic E-state index is 14.0. The van der Waals surface area contributed by atoms with Crippen LogP contribution >= 0.6 is 0 Å². The van der Waals surface area contributed by atoms with Gasteiger partial charge in [0, 0.05) is 25.2 Å². The SMILES string of the molecule is Cc1ccccc1-n1ncc(C(=O)N2CCC(NC(=O)NC3CCCCC3)CC2)c1C(F)(F)F. The zero-order chi connectivity index (χ0) is 24.3. The number of halogens is 3. The van der Waals surface area contributed by atoms with E-state index in [1.807, 2.05) is 0 Å². The van der Waals surface area contributed by atoms with Crippen LogP contribution in [0.3, 0.4) is 0 Å². The van der Waals surface area contributed by atoms with Crippen molar-refractivity contribution in [3.05, 3.63) is 47.3 Å². The average molecular weight is 478 g/mol. The lowest BCUT2D eigenvalue weighted by molar-refractivity contribution is -0.143. The summed E-state index contributed by atoms with van der Waals surface area (Å²) in [6.45, 7) is 2.22. The standard InChI is InChI=1S/C24H30F3N5O2/c1-16-7-5-6-10-20(16)32-21(24(25,26)27)19(15-28-32)22(33)31-13-11-18(12-14-31)30-23(34)29-17-8-3-2-4-9-17/h5-7,10,15,17-18H,2-4,8-9,11-14H2,1H3,(H2,29,30,34). The number of carbonyl (C=O) groups is 2. The molecule has 1 aliphatic carbocycles. The molecule has 1 aromatic carbocycles. The highest BCUT2D eigenvalue weighted by molar-refractivity contribution is 5.95. The molecule has 0 spiro atoms. The molecule has 2 aliphatic rings. The van der Waals surface area contributed by atoms with Gasteiger partial charge in [0.1, 0.15) is 0 Å². The Morgan fingerprint density at radius 1 is 0.971 bits per heavy atom. The monoisotopic (exact) mass is 477 g/mol. The minimum atomic E-state index is -4.75. The topological polar surface area (TPSA) is 79.3 Å². The summed E-state index contributed by atoms with van der Waals surface area (Å²) in [5, 5.41) is 9.88. The first-order chi connectivity index (χ1) is 16.2.